The van der Waals surface area contributed by atoms with E-state index in [0.717, 1.165) is 32.6 Å². The fraction of sp³-hybridized carbons (Fsp3) is 0.263. The smallest absolute Gasteiger partial charge is 0.0893 e. The van der Waals surface area contributed by atoms with Crippen LogP contribution in [0.5, 0.6) is 0 Å². The highest BCUT2D eigenvalue weighted by Gasteiger charge is 2.11. The van der Waals surface area contributed by atoms with E-state index in [4.69, 9.17) is 0 Å². The highest BCUT2D eigenvalue weighted by atomic mass is 15.3. The van der Waals surface area contributed by atoms with Gasteiger partial charge in [0.2, 0.25) is 0 Å². The molecule has 1 heterocycles. The molecule has 2 nitrogen and oxygen atoms in total. The fourth-order valence-electron chi connectivity index (χ4n) is 2.64. The fourth-order valence-corrected chi connectivity index (χ4v) is 2.64. The predicted molar refractivity (Wildman–Crippen MR) is 87.7 cm³/mol. The molecular formula is C19H22N2. The van der Waals surface area contributed by atoms with E-state index >= 15 is 0 Å². The molecule has 0 saturated carbocycles. The molecule has 0 saturated heterocycles. The molecule has 1 aliphatic rings. The summed E-state index contributed by atoms with van der Waals surface area (Å²) in [4.78, 5) is 4.77. The van der Waals surface area contributed by atoms with Crippen molar-refractivity contribution in [2.45, 2.75) is 12.8 Å². The molecule has 0 spiro atoms. The van der Waals surface area contributed by atoms with Crippen molar-refractivity contribution in [1.82, 2.24) is 9.80 Å². The Morgan fingerprint density at radius 2 is 1.05 bits per heavy atom. The van der Waals surface area contributed by atoms with E-state index in [-0.39, 0.29) is 0 Å². The van der Waals surface area contributed by atoms with E-state index in [2.05, 4.69) is 82.9 Å². The van der Waals surface area contributed by atoms with Crippen LogP contribution in [0.25, 0.3) is 0 Å². The average Bonchev–Trinajstić information content (AvgIpc) is 3.01. The molecule has 0 fully saturated rings. The lowest BCUT2D eigenvalue weighted by atomic mass is 10.1. The van der Waals surface area contributed by atoms with Gasteiger partial charge in [0, 0.05) is 25.5 Å². The van der Waals surface area contributed by atoms with Crippen LogP contribution < -0.4 is 0 Å². The van der Waals surface area contributed by atoms with Crippen LogP contribution in [-0.2, 0) is 12.8 Å². The first-order valence-corrected chi connectivity index (χ1v) is 7.64. The van der Waals surface area contributed by atoms with Crippen molar-refractivity contribution in [1.29, 1.82) is 0 Å². The van der Waals surface area contributed by atoms with E-state index in [9.17, 15) is 0 Å². The summed E-state index contributed by atoms with van der Waals surface area (Å²) in [6, 6.07) is 21.4. The molecule has 0 aromatic heterocycles. The predicted octanol–water partition coefficient (Wildman–Crippen LogP) is 3.52. The Balaban J connectivity index is 1.41. The van der Waals surface area contributed by atoms with Crippen molar-refractivity contribution in [3.05, 3.63) is 84.2 Å². The summed E-state index contributed by atoms with van der Waals surface area (Å²) in [7, 11) is 0. The van der Waals surface area contributed by atoms with Crippen LogP contribution in [0.2, 0.25) is 0 Å². The van der Waals surface area contributed by atoms with Gasteiger partial charge in [-0.15, -0.1) is 0 Å². The van der Waals surface area contributed by atoms with Gasteiger partial charge in [-0.05, 0) is 24.0 Å². The summed E-state index contributed by atoms with van der Waals surface area (Å²) in [6.07, 6.45) is 6.65. The molecule has 3 rings (SSSR count). The van der Waals surface area contributed by atoms with Crippen molar-refractivity contribution in [2.75, 3.05) is 19.8 Å². The van der Waals surface area contributed by atoms with Crippen molar-refractivity contribution >= 4 is 0 Å². The number of hydrogen-bond donors (Lipinski definition) is 0. The molecule has 0 amide bonds. The third-order valence-electron chi connectivity index (χ3n) is 3.91. The maximum absolute atomic E-state index is 2.39. The van der Waals surface area contributed by atoms with Gasteiger partial charge in [0.05, 0.1) is 6.67 Å². The lowest BCUT2D eigenvalue weighted by Crippen LogP contribution is -2.28. The van der Waals surface area contributed by atoms with Crippen LogP contribution in [0.15, 0.2) is 73.1 Å². The molecule has 108 valence electrons. The third-order valence-corrected chi connectivity index (χ3v) is 3.91. The van der Waals surface area contributed by atoms with Gasteiger partial charge in [-0.3, -0.25) is 0 Å². The van der Waals surface area contributed by atoms with Crippen molar-refractivity contribution in [3.63, 3.8) is 0 Å². The summed E-state index contributed by atoms with van der Waals surface area (Å²) in [5, 5.41) is 0. The lowest BCUT2D eigenvalue weighted by molar-refractivity contribution is 0.269. The minimum Gasteiger partial charge on any atom is -0.358 e. The van der Waals surface area contributed by atoms with Gasteiger partial charge >= 0.3 is 0 Å². The molecular weight excluding hydrogens is 256 g/mol. The van der Waals surface area contributed by atoms with Gasteiger partial charge in [0.15, 0.2) is 0 Å². The largest absolute Gasteiger partial charge is 0.358 e. The highest BCUT2D eigenvalue weighted by Crippen LogP contribution is 2.10. The molecule has 0 atom stereocenters. The second kappa shape index (κ2) is 6.98. The number of rotatable bonds is 6. The van der Waals surface area contributed by atoms with Gasteiger partial charge in [-0.25, -0.2) is 0 Å². The van der Waals surface area contributed by atoms with Crippen LogP contribution in [0, 0.1) is 0 Å². The molecule has 2 heteroatoms. The number of nitrogens with zero attached hydrogens (tertiary/aromatic N) is 2. The van der Waals surface area contributed by atoms with Crippen LogP contribution in [0.4, 0.5) is 0 Å². The molecule has 21 heavy (non-hydrogen) atoms. The van der Waals surface area contributed by atoms with Gasteiger partial charge in [-0.2, -0.15) is 0 Å². The molecule has 2 aromatic rings. The SMILES string of the molecule is C1=CN(CCc2ccccc2)CN1CCc1ccccc1. The van der Waals surface area contributed by atoms with E-state index < -0.39 is 0 Å². The van der Waals surface area contributed by atoms with Gasteiger partial charge in [0.1, 0.15) is 0 Å². The molecule has 0 N–H and O–H groups in total. The summed E-state index contributed by atoms with van der Waals surface area (Å²) in [5.41, 5.74) is 2.82. The Bertz CT molecular complexity index is 511. The lowest BCUT2D eigenvalue weighted by Gasteiger charge is -2.21. The van der Waals surface area contributed by atoms with Crippen molar-refractivity contribution < 1.29 is 0 Å². The van der Waals surface area contributed by atoms with E-state index in [0.29, 0.717) is 0 Å². The Kier molecular flexibility index (Phi) is 4.57. The van der Waals surface area contributed by atoms with Crippen molar-refractivity contribution in [2.24, 2.45) is 0 Å². The first kappa shape index (κ1) is 13.7. The van der Waals surface area contributed by atoms with Gasteiger partial charge in [-0.1, -0.05) is 60.7 Å². The highest BCUT2D eigenvalue weighted by molar-refractivity contribution is 5.16. The third kappa shape index (κ3) is 4.12. The van der Waals surface area contributed by atoms with Crippen LogP contribution >= 0.6 is 0 Å². The first-order valence-electron chi connectivity index (χ1n) is 7.64. The summed E-state index contributed by atoms with van der Waals surface area (Å²) >= 11 is 0. The molecule has 0 radical (unpaired) electrons. The first-order chi connectivity index (χ1) is 10.4. The Hall–Kier alpha value is -2.22. The van der Waals surface area contributed by atoms with E-state index in [1.807, 2.05) is 0 Å². The maximum atomic E-state index is 2.39. The van der Waals surface area contributed by atoms with E-state index in [1.165, 1.54) is 11.1 Å². The van der Waals surface area contributed by atoms with Crippen LogP contribution in [0.1, 0.15) is 11.1 Å². The zero-order chi connectivity index (χ0) is 14.3. The second-order valence-electron chi connectivity index (χ2n) is 5.54. The zero-order valence-corrected chi connectivity index (χ0v) is 12.4. The minimum absolute atomic E-state index is 1.01. The Morgan fingerprint density at radius 1 is 0.619 bits per heavy atom. The molecule has 1 aliphatic heterocycles. The van der Waals surface area contributed by atoms with Crippen molar-refractivity contribution in [3.8, 4) is 0 Å². The van der Waals surface area contributed by atoms with Gasteiger partial charge in [0.25, 0.3) is 0 Å². The maximum Gasteiger partial charge on any atom is 0.0893 e. The number of hydrogen-bond acceptors (Lipinski definition) is 2. The molecule has 0 aliphatic carbocycles. The minimum atomic E-state index is 1.01. The average molecular weight is 278 g/mol. The second-order valence-corrected chi connectivity index (χ2v) is 5.54. The monoisotopic (exact) mass is 278 g/mol. The summed E-state index contributed by atoms with van der Waals surface area (Å²) in [6.45, 7) is 3.18. The summed E-state index contributed by atoms with van der Waals surface area (Å²) < 4.78 is 0. The number of benzene rings is 2. The Labute approximate surface area is 127 Å². The molecule has 0 unspecified atom stereocenters. The molecule has 2 aromatic carbocycles. The Morgan fingerprint density at radius 3 is 1.48 bits per heavy atom. The standard InChI is InChI=1S/C19H22N2/c1-3-7-18(8-4-1)11-13-20-15-16-21(17-20)14-12-19-9-5-2-6-10-19/h1-10,15-16H,11-14,17H2. The molecule has 0 bridgehead atoms. The van der Waals surface area contributed by atoms with E-state index in [1.54, 1.807) is 0 Å². The quantitative estimate of drug-likeness (QED) is 0.797. The zero-order valence-electron chi connectivity index (χ0n) is 12.4. The summed E-state index contributed by atoms with van der Waals surface area (Å²) in [5.74, 6) is 0. The van der Waals surface area contributed by atoms with Crippen LogP contribution in [-0.4, -0.2) is 29.6 Å². The van der Waals surface area contributed by atoms with Gasteiger partial charge < -0.3 is 9.80 Å². The van der Waals surface area contributed by atoms with Crippen LogP contribution in [0.3, 0.4) is 0 Å². The topological polar surface area (TPSA) is 6.48 Å². The normalized spacial score (nSPS) is 13.9.